The zero-order chi connectivity index (χ0) is 10.4. The Balaban J connectivity index is 2.54. The summed E-state index contributed by atoms with van der Waals surface area (Å²) in [4.78, 5) is 11.4. The van der Waals surface area contributed by atoms with E-state index in [0.29, 0.717) is 0 Å². The maximum absolute atomic E-state index is 11.4. The molecule has 0 aromatic heterocycles. The Labute approximate surface area is 94.3 Å². The first kappa shape index (κ1) is 10.3. The number of carbonyl (C=O) groups excluding carboxylic acids is 1. The zero-order valence-electron chi connectivity index (χ0n) is 6.62. The number of hydrogen-bond acceptors (Lipinski definition) is 3. The van der Waals surface area contributed by atoms with Crippen LogP contribution in [-0.2, 0) is 4.52 Å². The summed E-state index contributed by atoms with van der Waals surface area (Å²) in [6, 6.07) is 6.42. The van der Waals surface area contributed by atoms with E-state index in [9.17, 15) is 4.79 Å². The first-order chi connectivity index (χ1) is 6.35. The molecule has 0 unspecified atom stereocenters. The van der Waals surface area contributed by atoms with Gasteiger partial charge in [-0.15, -0.1) is 0 Å². The van der Waals surface area contributed by atoms with Gasteiger partial charge in [-0.3, -0.25) is 0 Å². The van der Waals surface area contributed by atoms with Gasteiger partial charge in [0.15, 0.2) is 0 Å². The molecule has 7 heteroatoms. The van der Waals surface area contributed by atoms with Crippen molar-refractivity contribution in [2.75, 3.05) is 0 Å². The third-order valence-corrected chi connectivity index (χ3v) is 3.74. The molecule has 76 valence electrons. The molecule has 2 rings (SSSR count). The van der Waals surface area contributed by atoms with Crippen LogP contribution in [0.5, 0.6) is 5.75 Å². The molecule has 0 saturated carbocycles. The molecule has 1 heterocycles. The van der Waals surface area contributed by atoms with E-state index in [4.69, 9.17) is 38.2 Å². The van der Waals surface area contributed by atoms with Gasteiger partial charge < -0.3 is 0 Å². The Bertz CT molecular complexity index is 412. The van der Waals surface area contributed by atoms with Crippen LogP contribution < -0.4 is 4.52 Å². The van der Waals surface area contributed by atoms with Gasteiger partial charge in [0.2, 0.25) is 0 Å². The summed E-state index contributed by atoms with van der Waals surface area (Å²) in [5.74, 6) is -0.439. The molecule has 0 fully saturated rings. The van der Waals surface area contributed by atoms with Crippen LogP contribution >= 0.6 is 38.8 Å². The Kier molecular flexibility index (Phi) is 2.13. The van der Waals surface area contributed by atoms with Crippen LogP contribution in [0.25, 0.3) is 0 Å². The van der Waals surface area contributed by atoms with Crippen LogP contribution in [0.1, 0.15) is 10.4 Å². The molecule has 0 saturated heterocycles. The molecule has 1 aromatic carbocycles. The first-order valence-corrected chi connectivity index (χ1v) is 8.35. The first-order valence-electron chi connectivity index (χ1n) is 3.56. The van der Waals surface area contributed by atoms with E-state index >= 15 is 0 Å². The number of hydrogen-bond donors (Lipinski definition) is 0. The molecule has 0 radical (unpaired) electrons. The average Bonchev–Trinajstić information content (AvgIpc) is 2.00. The predicted octanol–water partition coefficient (Wildman–Crippen LogP) is 4.08. The Hall–Kier alpha value is -0.210. The van der Waals surface area contributed by atoms with Crippen molar-refractivity contribution in [1.29, 1.82) is 0 Å². The van der Waals surface area contributed by atoms with Crippen molar-refractivity contribution >= 4 is 44.8 Å². The fraction of sp³-hybridized carbons (Fsp3) is 0. The molecule has 1 aliphatic rings. The summed E-state index contributed by atoms with van der Waals surface area (Å²) < 4.78 is 9.71. The topological polar surface area (TPSA) is 35.5 Å². The van der Waals surface area contributed by atoms with E-state index in [2.05, 4.69) is 4.52 Å². The Morgan fingerprint density at radius 1 is 1.07 bits per heavy atom. The minimum absolute atomic E-state index is 0.237. The second-order valence-electron chi connectivity index (χ2n) is 2.65. The van der Waals surface area contributed by atoms with E-state index in [-0.39, 0.29) is 11.3 Å². The summed E-state index contributed by atoms with van der Waals surface area (Å²) in [6.45, 7) is 0. The monoisotopic (exact) mass is 272 g/mol. The van der Waals surface area contributed by atoms with Crippen LogP contribution in [-0.4, -0.2) is 5.97 Å². The average molecular weight is 273 g/mol. The van der Waals surface area contributed by atoms with Crippen molar-refractivity contribution < 1.29 is 13.8 Å². The van der Waals surface area contributed by atoms with E-state index in [1.807, 2.05) is 0 Å². The molecule has 0 atom stereocenters. The zero-order valence-corrected chi connectivity index (χ0v) is 9.78. The number of halogens is 3. The predicted molar refractivity (Wildman–Crippen MR) is 57.0 cm³/mol. The Morgan fingerprint density at radius 2 is 1.71 bits per heavy atom. The molecule has 0 amide bonds. The SMILES string of the molecule is O=C1OP(Cl)(Cl)(Cl)Oc2ccccc21. The van der Waals surface area contributed by atoms with E-state index in [0.717, 1.165) is 0 Å². The molecule has 1 aliphatic heterocycles. The number of benzene rings is 1. The molecular formula is C7H4Cl3O3P. The van der Waals surface area contributed by atoms with Crippen LogP contribution in [0.4, 0.5) is 0 Å². The summed E-state index contributed by atoms with van der Waals surface area (Å²) in [5.41, 5.74) is 0.259. The molecule has 14 heavy (non-hydrogen) atoms. The van der Waals surface area contributed by atoms with Gasteiger partial charge in [-0.2, -0.15) is 0 Å². The number of para-hydroxylation sites is 1. The molecule has 0 spiro atoms. The fourth-order valence-electron chi connectivity index (χ4n) is 1.06. The van der Waals surface area contributed by atoms with Crippen molar-refractivity contribution in [2.45, 2.75) is 0 Å². The normalized spacial score (nSPS) is 24.8. The van der Waals surface area contributed by atoms with Gasteiger partial charge >= 0.3 is 94.2 Å². The van der Waals surface area contributed by atoms with Crippen molar-refractivity contribution in [1.82, 2.24) is 0 Å². The van der Waals surface area contributed by atoms with E-state index in [1.165, 1.54) is 6.07 Å². The van der Waals surface area contributed by atoms with Gasteiger partial charge in [0.05, 0.1) is 0 Å². The summed E-state index contributed by atoms with van der Waals surface area (Å²) in [7, 11) is 0. The number of rotatable bonds is 0. The van der Waals surface area contributed by atoms with Crippen LogP contribution in [0.2, 0.25) is 0 Å². The van der Waals surface area contributed by atoms with Crippen LogP contribution in [0.15, 0.2) is 24.3 Å². The van der Waals surface area contributed by atoms with Gasteiger partial charge in [0.25, 0.3) is 0 Å². The molecule has 0 bridgehead atoms. The van der Waals surface area contributed by atoms with E-state index in [1.54, 1.807) is 18.2 Å². The van der Waals surface area contributed by atoms with Crippen LogP contribution in [0.3, 0.4) is 0 Å². The quantitative estimate of drug-likeness (QED) is 0.668. The second kappa shape index (κ2) is 2.89. The van der Waals surface area contributed by atoms with Gasteiger partial charge in [-0.1, -0.05) is 0 Å². The van der Waals surface area contributed by atoms with Gasteiger partial charge in [0, 0.05) is 0 Å². The molecule has 0 N–H and O–H groups in total. The van der Waals surface area contributed by atoms with Gasteiger partial charge in [0.1, 0.15) is 0 Å². The molecular weight excluding hydrogens is 269 g/mol. The Morgan fingerprint density at radius 3 is 2.43 bits per heavy atom. The summed E-state index contributed by atoms with van der Waals surface area (Å²) in [6.07, 6.45) is 0. The third kappa shape index (κ3) is 1.91. The van der Waals surface area contributed by atoms with Crippen molar-refractivity contribution in [3.63, 3.8) is 0 Å². The van der Waals surface area contributed by atoms with Crippen molar-refractivity contribution in [3.8, 4) is 5.75 Å². The van der Waals surface area contributed by atoms with Gasteiger partial charge in [-0.05, 0) is 0 Å². The minimum atomic E-state index is -4.30. The summed E-state index contributed by atoms with van der Waals surface area (Å²) in [5, 5.41) is -4.30. The fourth-order valence-corrected chi connectivity index (χ4v) is 3.15. The summed E-state index contributed by atoms with van der Waals surface area (Å²) >= 11 is 16.9. The molecule has 3 nitrogen and oxygen atoms in total. The molecule has 1 aromatic rings. The number of fused-ring (bicyclic) bond motifs is 1. The molecule has 0 aliphatic carbocycles. The standard InChI is InChI=1S/C7H4Cl3O3P/c8-14(9,10)12-6-4-2-1-3-5(6)7(11)13-14/h1-4H. The second-order valence-corrected chi connectivity index (χ2v) is 11.5. The maximum atomic E-state index is 11.4. The van der Waals surface area contributed by atoms with Gasteiger partial charge in [-0.25, -0.2) is 0 Å². The van der Waals surface area contributed by atoms with Crippen molar-refractivity contribution in [2.24, 2.45) is 0 Å². The van der Waals surface area contributed by atoms with Crippen LogP contribution in [0, 0.1) is 0 Å². The number of carbonyl (C=O) groups is 1. The third-order valence-electron chi connectivity index (χ3n) is 1.57. The van der Waals surface area contributed by atoms with Crippen molar-refractivity contribution in [3.05, 3.63) is 29.8 Å². The van der Waals surface area contributed by atoms with E-state index < -0.39 is 11.1 Å².